The van der Waals surface area contributed by atoms with Gasteiger partial charge in [0, 0.05) is 31.5 Å². The normalized spacial score (nSPS) is 18.3. The fourth-order valence-electron chi connectivity index (χ4n) is 3.85. The van der Waals surface area contributed by atoms with Gasteiger partial charge in [0.25, 0.3) is 0 Å². The summed E-state index contributed by atoms with van der Waals surface area (Å²) in [6.07, 6.45) is 7.27. The molecule has 4 heteroatoms. The van der Waals surface area contributed by atoms with E-state index in [1.165, 1.54) is 24.0 Å². The Morgan fingerprint density at radius 2 is 1.75 bits per heavy atom. The Labute approximate surface area is 144 Å². The Hall–Kier alpha value is -1.68. The van der Waals surface area contributed by atoms with Gasteiger partial charge in [-0.25, -0.2) is 0 Å². The van der Waals surface area contributed by atoms with Gasteiger partial charge in [0.1, 0.15) is 0 Å². The molecule has 2 aliphatic rings. The lowest BCUT2D eigenvalue weighted by molar-refractivity contribution is -0.132. The van der Waals surface area contributed by atoms with Crippen LogP contribution in [0, 0.1) is 5.92 Å². The van der Waals surface area contributed by atoms with Gasteiger partial charge in [-0.3, -0.25) is 9.59 Å². The largest absolute Gasteiger partial charge is 0.343 e. The van der Waals surface area contributed by atoms with Crippen LogP contribution in [0.4, 0.5) is 0 Å². The first kappa shape index (κ1) is 17.2. The summed E-state index contributed by atoms with van der Waals surface area (Å²) in [5, 5.41) is 0. The molecule has 0 radical (unpaired) electrons. The maximum absolute atomic E-state index is 12.4. The molecule has 1 aromatic rings. The maximum Gasteiger partial charge on any atom is 0.223 e. The van der Waals surface area contributed by atoms with Crippen LogP contribution < -0.4 is 5.73 Å². The third kappa shape index (κ3) is 4.04. The van der Waals surface area contributed by atoms with E-state index in [0.29, 0.717) is 25.3 Å². The smallest absolute Gasteiger partial charge is 0.223 e. The first-order valence-corrected chi connectivity index (χ1v) is 9.30. The molecular weight excluding hydrogens is 300 g/mol. The predicted molar refractivity (Wildman–Crippen MR) is 95.0 cm³/mol. The summed E-state index contributed by atoms with van der Waals surface area (Å²) < 4.78 is 0. The number of carbonyl (C=O) groups excluding carboxylic acids is 2. The zero-order valence-electron chi connectivity index (χ0n) is 14.4. The number of likely N-dealkylation sites (tertiary alicyclic amines) is 1. The van der Waals surface area contributed by atoms with Crippen LogP contribution in [0.25, 0.3) is 0 Å². The SMILES string of the molecule is NCC1CCN(C(=O)CCC(=O)c2ccc3c(c2)CCCC3)CC1. The summed E-state index contributed by atoms with van der Waals surface area (Å²) in [7, 11) is 0. The summed E-state index contributed by atoms with van der Waals surface area (Å²) in [6, 6.07) is 6.08. The minimum atomic E-state index is 0.0913. The van der Waals surface area contributed by atoms with Crippen LogP contribution in [0.5, 0.6) is 0 Å². The molecule has 1 heterocycles. The molecule has 1 aliphatic carbocycles. The minimum Gasteiger partial charge on any atom is -0.343 e. The van der Waals surface area contributed by atoms with Crippen molar-refractivity contribution in [3.05, 3.63) is 34.9 Å². The van der Waals surface area contributed by atoms with Gasteiger partial charge in [-0.05, 0) is 68.2 Å². The number of aryl methyl sites for hydroxylation is 2. The molecule has 1 amide bonds. The standard InChI is InChI=1S/C20H28N2O2/c21-14-15-9-11-22(12-10-15)20(24)8-7-19(23)18-6-5-16-3-1-2-4-17(16)13-18/h5-6,13,15H,1-4,7-12,14,21H2. The van der Waals surface area contributed by atoms with Crippen molar-refractivity contribution in [1.82, 2.24) is 4.90 Å². The van der Waals surface area contributed by atoms with Gasteiger partial charge in [0.2, 0.25) is 5.91 Å². The number of Topliss-reactive ketones (excluding diaryl/α,β-unsaturated/α-hetero) is 1. The van der Waals surface area contributed by atoms with Gasteiger partial charge < -0.3 is 10.6 Å². The third-order valence-electron chi connectivity index (χ3n) is 5.54. The molecular formula is C20H28N2O2. The average molecular weight is 328 g/mol. The minimum absolute atomic E-state index is 0.0913. The van der Waals surface area contributed by atoms with E-state index in [-0.39, 0.29) is 11.7 Å². The van der Waals surface area contributed by atoms with Crippen molar-refractivity contribution in [2.24, 2.45) is 11.7 Å². The van der Waals surface area contributed by atoms with Crippen LogP contribution in [0.15, 0.2) is 18.2 Å². The monoisotopic (exact) mass is 328 g/mol. The van der Waals surface area contributed by atoms with Gasteiger partial charge in [-0.1, -0.05) is 12.1 Å². The lowest BCUT2D eigenvalue weighted by atomic mass is 9.89. The molecule has 24 heavy (non-hydrogen) atoms. The van der Waals surface area contributed by atoms with E-state index < -0.39 is 0 Å². The summed E-state index contributed by atoms with van der Waals surface area (Å²) >= 11 is 0. The molecule has 1 aromatic carbocycles. The molecule has 0 saturated carbocycles. The molecule has 3 rings (SSSR count). The number of piperidine rings is 1. The number of nitrogens with zero attached hydrogens (tertiary/aromatic N) is 1. The van der Waals surface area contributed by atoms with Crippen molar-refractivity contribution < 1.29 is 9.59 Å². The number of hydrogen-bond acceptors (Lipinski definition) is 3. The second kappa shape index (κ2) is 7.93. The molecule has 1 fully saturated rings. The van der Waals surface area contributed by atoms with E-state index in [2.05, 4.69) is 6.07 Å². The molecule has 130 valence electrons. The molecule has 0 spiro atoms. The molecule has 0 unspecified atom stereocenters. The lowest BCUT2D eigenvalue weighted by Gasteiger charge is -2.31. The van der Waals surface area contributed by atoms with Crippen molar-refractivity contribution in [2.75, 3.05) is 19.6 Å². The highest BCUT2D eigenvalue weighted by atomic mass is 16.2. The van der Waals surface area contributed by atoms with Crippen LogP contribution in [-0.4, -0.2) is 36.2 Å². The number of benzene rings is 1. The predicted octanol–water partition coefficient (Wildman–Crippen LogP) is 2.73. The number of ketones is 1. The van der Waals surface area contributed by atoms with E-state index >= 15 is 0 Å². The number of nitrogens with two attached hydrogens (primary N) is 1. The number of carbonyl (C=O) groups is 2. The Balaban J connectivity index is 1.51. The van der Waals surface area contributed by atoms with Crippen molar-refractivity contribution in [3.8, 4) is 0 Å². The van der Waals surface area contributed by atoms with Gasteiger partial charge in [0.05, 0.1) is 0 Å². The van der Waals surface area contributed by atoms with Crippen LogP contribution in [0.2, 0.25) is 0 Å². The van der Waals surface area contributed by atoms with Gasteiger partial charge in [-0.2, -0.15) is 0 Å². The number of hydrogen-bond donors (Lipinski definition) is 1. The Morgan fingerprint density at radius 3 is 2.46 bits per heavy atom. The number of amides is 1. The maximum atomic E-state index is 12.4. The second-order valence-corrected chi connectivity index (χ2v) is 7.17. The van der Waals surface area contributed by atoms with E-state index in [0.717, 1.165) is 44.3 Å². The van der Waals surface area contributed by atoms with E-state index in [4.69, 9.17) is 5.73 Å². The highest BCUT2D eigenvalue weighted by Gasteiger charge is 2.22. The number of rotatable bonds is 5. The van der Waals surface area contributed by atoms with Crippen LogP contribution in [0.3, 0.4) is 0 Å². The van der Waals surface area contributed by atoms with Crippen LogP contribution in [-0.2, 0) is 17.6 Å². The molecule has 2 N–H and O–H groups in total. The number of fused-ring (bicyclic) bond motifs is 1. The zero-order chi connectivity index (χ0) is 16.9. The van der Waals surface area contributed by atoms with Gasteiger partial charge in [0.15, 0.2) is 5.78 Å². The molecule has 0 aromatic heterocycles. The highest BCUT2D eigenvalue weighted by Crippen LogP contribution is 2.23. The van der Waals surface area contributed by atoms with Gasteiger partial charge in [-0.15, -0.1) is 0 Å². The van der Waals surface area contributed by atoms with E-state index in [1.807, 2.05) is 17.0 Å². The summed E-state index contributed by atoms with van der Waals surface area (Å²) in [5.74, 6) is 0.747. The zero-order valence-corrected chi connectivity index (χ0v) is 14.4. The fraction of sp³-hybridized carbons (Fsp3) is 0.600. The van der Waals surface area contributed by atoms with E-state index in [9.17, 15) is 9.59 Å². The molecule has 0 atom stereocenters. The van der Waals surface area contributed by atoms with E-state index in [1.54, 1.807) is 0 Å². The second-order valence-electron chi connectivity index (χ2n) is 7.17. The van der Waals surface area contributed by atoms with Crippen molar-refractivity contribution >= 4 is 11.7 Å². The lowest BCUT2D eigenvalue weighted by Crippen LogP contribution is -2.40. The van der Waals surface area contributed by atoms with Crippen molar-refractivity contribution in [2.45, 2.75) is 51.4 Å². The van der Waals surface area contributed by atoms with Gasteiger partial charge >= 0.3 is 0 Å². The molecule has 1 saturated heterocycles. The summed E-state index contributed by atoms with van der Waals surface area (Å²) in [5.41, 5.74) is 9.16. The topological polar surface area (TPSA) is 63.4 Å². The summed E-state index contributed by atoms with van der Waals surface area (Å²) in [6.45, 7) is 2.28. The first-order valence-electron chi connectivity index (χ1n) is 9.30. The first-order chi connectivity index (χ1) is 11.7. The highest BCUT2D eigenvalue weighted by molar-refractivity contribution is 5.98. The molecule has 1 aliphatic heterocycles. The Kier molecular flexibility index (Phi) is 5.67. The van der Waals surface area contributed by atoms with Crippen molar-refractivity contribution in [3.63, 3.8) is 0 Å². The Bertz CT molecular complexity index is 604. The van der Waals surface area contributed by atoms with Crippen molar-refractivity contribution in [1.29, 1.82) is 0 Å². The summed E-state index contributed by atoms with van der Waals surface area (Å²) in [4.78, 5) is 26.6. The van der Waals surface area contributed by atoms with Crippen LogP contribution in [0.1, 0.15) is 60.0 Å². The molecule has 0 bridgehead atoms. The molecule has 4 nitrogen and oxygen atoms in total. The Morgan fingerprint density at radius 1 is 1.04 bits per heavy atom. The van der Waals surface area contributed by atoms with Crippen LogP contribution >= 0.6 is 0 Å². The average Bonchev–Trinajstić information content (AvgIpc) is 2.65. The third-order valence-corrected chi connectivity index (χ3v) is 5.54. The fourth-order valence-corrected chi connectivity index (χ4v) is 3.85. The quantitative estimate of drug-likeness (QED) is 0.845.